The van der Waals surface area contributed by atoms with Crippen LogP contribution < -0.4 is 21.6 Å². The predicted octanol–water partition coefficient (Wildman–Crippen LogP) is 5.63. The lowest BCUT2D eigenvalue weighted by atomic mass is 9.96. The second-order valence-corrected chi connectivity index (χ2v) is 10.9. The molecule has 9 heteroatoms. The van der Waals surface area contributed by atoms with Crippen molar-refractivity contribution in [3.05, 3.63) is 76.8 Å². The van der Waals surface area contributed by atoms with E-state index in [9.17, 15) is 9.65 Å². The fourth-order valence-electron chi connectivity index (χ4n) is 4.40. The third-order valence-electron chi connectivity index (χ3n) is 6.60. The molecule has 1 fully saturated rings. The van der Waals surface area contributed by atoms with Crippen molar-refractivity contribution in [1.29, 1.82) is 5.26 Å². The lowest BCUT2D eigenvalue weighted by Gasteiger charge is -2.24. The van der Waals surface area contributed by atoms with Crippen LogP contribution in [-0.4, -0.2) is 22.6 Å². The van der Waals surface area contributed by atoms with E-state index in [0.29, 0.717) is 40.3 Å². The van der Waals surface area contributed by atoms with E-state index < -0.39 is 11.9 Å². The van der Waals surface area contributed by atoms with Gasteiger partial charge in [0.1, 0.15) is 11.9 Å². The van der Waals surface area contributed by atoms with E-state index in [0.717, 1.165) is 24.1 Å². The van der Waals surface area contributed by atoms with Crippen LogP contribution in [0, 0.1) is 35.3 Å². The van der Waals surface area contributed by atoms with Gasteiger partial charge < -0.3 is 16.1 Å². The standard InChI is InChI=1S/C28H31F2N7/c1-16-24(30)22(11-21-25(16)32-13-18(12-31)26(21)33-15-28(2,3)4)34-27(17-5-7-19(29)8-6-17)23-14-37(36-35-23)20-9-10-20/h5-8,11,13-14,20,27,34-36H,9-10,15H2,1-4H3,(H,32,33)/t27-/m0/s1. The van der Waals surface area contributed by atoms with Gasteiger partial charge in [0.05, 0.1) is 34.2 Å². The Hall–Kier alpha value is -3.90. The summed E-state index contributed by atoms with van der Waals surface area (Å²) in [7, 11) is 0. The van der Waals surface area contributed by atoms with Crippen molar-refractivity contribution in [3.8, 4) is 6.07 Å². The first-order chi connectivity index (χ1) is 17.6. The molecule has 2 aromatic carbocycles. The van der Waals surface area contributed by atoms with Crippen molar-refractivity contribution < 1.29 is 8.78 Å². The summed E-state index contributed by atoms with van der Waals surface area (Å²) in [5.74, 6) is -0.768. The summed E-state index contributed by atoms with van der Waals surface area (Å²) in [5, 5.41) is 19.2. The SMILES string of the molecule is Cc1c(F)c(N[C@H](C2=CN(C3CC3)NN2)c2ccc(F)cc2)cc2c(NCC(C)(C)C)c(C#N)cnc12. The maximum absolute atomic E-state index is 15.7. The highest BCUT2D eigenvalue weighted by Gasteiger charge is 2.32. The minimum atomic E-state index is -0.485. The van der Waals surface area contributed by atoms with Gasteiger partial charge in [0.15, 0.2) is 5.82 Å². The number of anilines is 2. The van der Waals surface area contributed by atoms with Crippen LogP contribution in [0.2, 0.25) is 0 Å². The van der Waals surface area contributed by atoms with Gasteiger partial charge in [-0.25, -0.2) is 8.78 Å². The maximum Gasteiger partial charge on any atom is 0.151 e. The number of nitrogens with zero attached hydrogens (tertiary/aromatic N) is 3. The van der Waals surface area contributed by atoms with Crippen molar-refractivity contribution in [3.63, 3.8) is 0 Å². The summed E-state index contributed by atoms with van der Waals surface area (Å²) >= 11 is 0. The summed E-state index contributed by atoms with van der Waals surface area (Å²) in [6.07, 6.45) is 5.66. The van der Waals surface area contributed by atoms with Gasteiger partial charge in [-0.15, -0.1) is 5.53 Å². The van der Waals surface area contributed by atoms with Crippen molar-refractivity contribution >= 4 is 22.3 Å². The normalized spacial score (nSPS) is 16.2. The number of fused-ring (bicyclic) bond motifs is 1. The molecule has 0 amide bonds. The quantitative estimate of drug-likeness (QED) is 0.332. The Morgan fingerprint density at radius 1 is 1.22 bits per heavy atom. The van der Waals surface area contributed by atoms with Crippen molar-refractivity contribution in [1.82, 2.24) is 21.0 Å². The Morgan fingerprint density at radius 2 is 1.95 bits per heavy atom. The van der Waals surface area contributed by atoms with Gasteiger partial charge >= 0.3 is 0 Å². The molecule has 37 heavy (non-hydrogen) atoms. The fourth-order valence-corrected chi connectivity index (χ4v) is 4.40. The zero-order valence-corrected chi connectivity index (χ0v) is 21.4. The average molecular weight is 504 g/mol. The van der Waals surface area contributed by atoms with Crippen LogP contribution in [-0.2, 0) is 0 Å². The van der Waals surface area contributed by atoms with Gasteiger partial charge in [-0.05, 0) is 48.9 Å². The van der Waals surface area contributed by atoms with Crippen LogP contribution in [0.1, 0.15) is 56.3 Å². The third-order valence-corrected chi connectivity index (χ3v) is 6.60. The lowest BCUT2D eigenvalue weighted by molar-refractivity contribution is 0.260. The van der Waals surface area contributed by atoms with Crippen molar-refractivity contribution in [2.24, 2.45) is 5.41 Å². The lowest BCUT2D eigenvalue weighted by Crippen LogP contribution is -2.38. The number of aromatic nitrogens is 1. The molecule has 1 aromatic heterocycles. The van der Waals surface area contributed by atoms with E-state index in [1.165, 1.54) is 18.3 Å². The number of pyridine rings is 1. The minimum absolute atomic E-state index is 0.0345. The molecule has 1 saturated carbocycles. The van der Waals surface area contributed by atoms with Gasteiger partial charge in [-0.3, -0.25) is 9.99 Å². The summed E-state index contributed by atoms with van der Waals surface area (Å²) in [5.41, 5.74) is 10.0. The van der Waals surface area contributed by atoms with Gasteiger partial charge in [0.25, 0.3) is 0 Å². The van der Waals surface area contributed by atoms with Crippen LogP contribution in [0.25, 0.3) is 10.9 Å². The topological polar surface area (TPSA) is 88.0 Å². The van der Waals surface area contributed by atoms with E-state index in [-0.39, 0.29) is 16.9 Å². The number of hydrogen-bond acceptors (Lipinski definition) is 7. The Bertz CT molecular complexity index is 1400. The molecule has 4 N–H and O–H groups in total. The monoisotopic (exact) mass is 503 g/mol. The molecule has 0 spiro atoms. The van der Waals surface area contributed by atoms with E-state index >= 15 is 4.39 Å². The second-order valence-electron chi connectivity index (χ2n) is 10.9. The first kappa shape index (κ1) is 24.8. The van der Waals surface area contributed by atoms with Crippen molar-refractivity contribution in [2.45, 2.75) is 52.6 Å². The van der Waals surface area contributed by atoms with Crippen LogP contribution >= 0.6 is 0 Å². The van der Waals surface area contributed by atoms with Gasteiger partial charge in [-0.2, -0.15) is 5.26 Å². The highest BCUT2D eigenvalue weighted by Crippen LogP contribution is 2.37. The first-order valence-electron chi connectivity index (χ1n) is 12.4. The zero-order chi connectivity index (χ0) is 26.3. The van der Waals surface area contributed by atoms with E-state index in [1.54, 1.807) is 25.1 Å². The molecule has 3 aromatic rings. The van der Waals surface area contributed by atoms with Gasteiger partial charge in [-0.1, -0.05) is 32.9 Å². The van der Waals surface area contributed by atoms with Gasteiger partial charge in [0, 0.05) is 35.9 Å². The molecule has 7 nitrogen and oxygen atoms in total. The molecule has 0 radical (unpaired) electrons. The molecular formula is C28H31F2N7. The van der Waals surface area contributed by atoms with Crippen LogP contribution in [0.5, 0.6) is 0 Å². The summed E-state index contributed by atoms with van der Waals surface area (Å²) in [4.78, 5) is 4.41. The van der Waals surface area contributed by atoms with Crippen molar-refractivity contribution in [2.75, 3.05) is 17.2 Å². The number of aryl methyl sites for hydroxylation is 1. The molecule has 1 atom stereocenters. The minimum Gasteiger partial charge on any atom is -0.383 e. The van der Waals surface area contributed by atoms with Gasteiger partial charge in [0.2, 0.25) is 0 Å². The predicted molar refractivity (Wildman–Crippen MR) is 141 cm³/mol. The number of hydrazine groups is 2. The molecular weight excluding hydrogens is 472 g/mol. The Kier molecular flexibility index (Phi) is 6.38. The number of halogens is 2. The highest BCUT2D eigenvalue weighted by molar-refractivity contribution is 5.98. The summed E-state index contributed by atoms with van der Waals surface area (Å²) < 4.78 is 29.5. The number of benzene rings is 2. The maximum atomic E-state index is 15.7. The number of nitrogens with one attached hydrogen (secondary N) is 4. The highest BCUT2D eigenvalue weighted by atomic mass is 19.1. The molecule has 1 aliphatic heterocycles. The third kappa shape index (κ3) is 5.16. The largest absolute Gasteiger partial charge is 0.383 e. The first-order valence-corrected chi connectivity index (χ1v) is 12.4. The molecule has 0 bridgehead atoms. The molecule has 5 rings (SSSR count). The Labute approximate surface area is 215 Å². The Balaban J connectivity index is 1.59. The Morgan fingerprint density at radius 3 is 2.59 bits per heavy atom. The molecule has 2 heterocycles. The second kappa shape index (κ2) is 9.52. The van der Waals surface area contributed by atoms with Crippen LogP contribution in [0.3, 0.4) is 0 Å². The number of nitriles is 1. The number of rotatable bonds is 7. The fraction of sp³-hybridized carbons (Fsp3) is 0.357. The van der Waals surface area contributed by atoms with E-state index in [1.807, 2.05) is 11.2 Å². The van der Waals surface area contributed by atoms with E-state index in [4.69, 9.17) is 0 Å². The van der Waals surface area contributed by atoms with E-state index in [2.05, 4.69) is 53.4 Å². The molecule has 0 unspecified atom stereocenters. The smallest absolute Gasteiger partial charge is 0.151 e. The molecule has 1 aliphatic carbocycles. The van der Waals surface area contributed by atoms with Crippen LogP contribution in [0.4, 0.5) is 20.2 Å². The average Bonchev–Trinajstić information content (AvgIpc) is 3.60. The molecule has 192 valence electrons. The zero-order valence-electron chi connectivity index (χ0n) is 21.4. The summed E-state index contributed by atoms with van der Waals surface area (Å²) in [6.45, 7) is 8.61. The number of hydrogen-bond donors (Lipinski definition) is 4. The van der Waals surface area contributed by atoms with Crippen LogP contribution in [0.15, 0.2) is 48.4 Å². The molecule has 2 aliphatic rings. The summed E-state index contributed by atoms with van der Waals surface area (Å²) in [6, 6.07) is 10.0. The molecule has 0 saturated heterocycles.